The number of nitrogens with zero attached hydrogens (tertiary/aromatic N) is 5. The maximum atomic E-state index is 15.8. The molecule has 2 saturated heterocycles. The number of aryl methyl sites for hydroxylation is 1. The van der Waals surface area contributed by atoms with E-state index < -0.39 is 6.04 Å². The van der Waals surface area contributed by atoms with E-state index in [1.807, 2.05) is 44.3 Å². The zero-order chi connectivity index (χ0) is 23.1. The first-order valence-corrected chi connectivity index (χ1v) is 11.5. The lowest BCUT2D eigenvalue weighted by Gasteiger charge is -2.30. The van der Waals surface area contributed by atoms with E-state index in [1.165, 1.54) is 0 Å². The van der Waals surface area contributed by atoms with Gasteiger partial charge >= 0.3 is 0 Å². The van der Waals surface area contributed by atoms with Gasteiger partial charge in [-0.25, -0.2) is 9.37 Å². The highest BCUT2D eigenvalue weighted by Gasteiger charge is 2.45. The fourth-order valence-electron chi connectivity index (χ4n) is 5.74. The summed E-state index contributed by atoms with van der Waals surface area (Å²) in [6, 6.07) is 10.7. The summed E-state index contributed by atoms with van der Waals surface area (Å²) in [7, 11) is 1.81. The van der Waals surface area contributed by atoms with E-state index >= 15 is 4.39 Å². The van der Waals surface area contributed by atoms with Crippen molar-refractivity contribution in [1.29, 1.82) is 0 Å². The van der Waals surface area contributed by atoms with Crippen molar-refractivity contribution in [3.63, 3.8) is 0 Å². The molecule has 3 aliphatic rings. The Balaban J connectivity index is 1.35. The van der Waals surface area contributed by atoms with Crippen LogP contribution < -0.4 is 9.80 Å². The number of imidazole rings is 1. The van der Waals surface area contributed by atoms with E-state index in [9.17, 15) is 4.79 Å². The fraction of sp³-hybridized carbons (Fsp3) is 0.320. The minimum Gasteiger partial charge on any atom is -0.374 e. The summed E-state index contributed by atoms with van der Waals surface area (Å²) in [5.74, 6) is -0.567. The van der Waals surface area contributed by atoms with Gasteiger partial charge in [0.15, 0.2) is 5.69 Å². The molecule has 3 aliphatic heterocycles. The van der Waals surface area contributed by atoms with E-state index in [1.54, 1.807) is 22.0 Å². The van der Waals surface area contributed by atoms with Crippen LogP contribution in [0.1, 0.15) is 39.8 Å². The summed E-state index contributed by atoms with van der Waals surface area (Å²) >= 11 is 0. The van der Waals surface area contributed by atoms with Crippen molar-refractivity contribution in [3.05, 3.63) is 71.1 Å². The molecule has 1 N–H and O–H groups in total. The Hall–Kier alpha value is -3.72. The van der Waals surface area contributed by atoms with Gasteiger partial charge < -0.3 is 14.6 Å². The Bertz CT molecular complexity index is 1480. The van der Waals surface area contributed by atoms with Gasteiger partial charge in [0, 0.05) is 41.8 Å². The number of anilines is 2. The third-order valence-electron chi connectivity index (χ3n) is 7.53. The summed E-state index contributed by atoms with van der Waals surface area (Å²) in [5, 5.41) is 4.47. The quantitative estimate of drug-likeness (QED) is 0.509. The highest BCUT2D eigenvalue weighted by Crippen LogP contribution is 2.45. The third kappa shape index (κ3) is 2.64. The summed E-state index contributed by atoms with van der Waals surface area (Å²) in [6.45, 7) is 3.39. The highest BCUT2D eigenvalue weighted by atomic mass is 19.1. The number of aromatic nitrogens is 4. The highest BCUT2D eigenvalue weighted by molar-refractivity contribution is 6.11. The molecule has 2 bridgehead atoms. The molecular formula is C25H23FN6O2. The lowest BCUT2D eigenvalue weighted by Crippen LogP contribution is -2.37. The number of aromatic amines is 1. The Labute approximate surface area is 194 Å². The molecule has 2 aromatic carbocycles. The number of hydrogen-bond donors (Lipinski definition) is 1. The fourth-order valence-corrected chi connectivity index (χ4v) is 5.74. The summed E-state index contributed by atoms with van der Waals surface area (Å²) in [6.07, 6.45) is 2.84. The van der Waals surface area contributed by atoms with Gasteiger partial charge in [-0.3, -0.25) is 14.4 Å². The van der Waals surface area contributed by atoms with Crippen LogP contribution in [0.15, 0.2) is 42.7 Å². The Morgan fingerprint density at radius 1 is 1.18 bits per heavy atom. The van der Waals surface area contributed by atoms with E-state index in [4.69, 9.17) is 4.74 Å². The maximum Gasteiger partial charge on any atom is 0.280 e. The Morgan fingerprint density at radius 3 is 2.79 bits per heavy atom. The third-order valence-corrected chi connectivity index (χ3v) is 7.53. The zero-order valence-corrected chi connectivity index (χ0v) is 18.8. The number of nitrogens with one attached hydrogen (secondary N) is 1. The van der Waals surface area contributed by atoms with Crippen molar-refractivity contribution in [1.82, 2.24) is 19.7 Å². The standard InChI is InChI=1S/C25H23FN6O2/c1-13-22-23(29-30(13)2)25(33)32(15-4-6-20-21(9-15)28-12-27-20)24(22)18-5-3-14(8-19(18)26)31-10-17-7-16(31)11-34-17/h3-6,8-9,12,16-17,24H,7,10-11H2,1-2H3,(H,27,28)/t16-,17-,24?/m0/s1. The minimum atomic E-state index is -0.607. The van der Waals surface area contributed by atoms with E-state index in [-0.39, 0.29) is 17.8 Å². The topological polar surface area (TPSA) is 79.3 Å². The van der Waals surface area contributed by atoms with Gasteiger partial charge in [-0.05, 0) is 43.7 Å². The van der Waals surface area contributed by atoms with Crippen LogP contribution in [-0.2, 0) is 11.8 Å². The number of benzene rings is 2. The SMILES string of the molecule is Cc1c2c(nn1C)C(=O)N(c1ccc3nc[nH]c3c1)C2c1ccc(N2C[C@@H]3C[C@H]2CO3)cc1F. The first kappa shape index (κ1) is 19.7. The molecule has 3 atom stereocenters. The predicted octanol–water partition coefficient (Wildman–Crippen LogP) is 3.47. The molecule has 2 aromatic heterocycles. The normalized spacial score (nSPS) is 23.5. The lowest BCUT2D eigenvalue weighted by atomic mass is 9.97. The van der Waals surface area contributed by atoms with Crippen molar-refractivity contribution in [2.75, 3.05) is 23.0 Å². The molecule has 4 aromatic rings. The molecule has 1 unspecified atom stereocenters. The van der Waals surface area contributed by atoms with Gasteiger partial charge in [0.25, 0.3) is 5.91 Å². The van der Waals surface area contributed by atoms with Gasteiger partial charge in [0.1, 0.15) is 5.82 Å². The van der Waals surface area contributed by atoms with Crippen molar-refractivity contribution >= 4 is 28.3 Å². The Kier molecular flexibility index (Phi) is 4.00. The number of fused-ring (bicyclic) bond motifs is 4. The number of morpholine rings is 1. The van der Waals surface area contributed by atoms with E-state index in [0.29, 0.717) is 29.6 Å². The second kappa shape index (κ2) is 6.89. The Morgan fingerprint density at radius 2 is 2.03 bits per heavy atom. The first-order chi connectivity index (χ1) is 16.5. The average Bonchev–Trinajstić information content (AvgIpc) is 3.64. The van der Waals surface area contributed by atoms with Crippen LogP contribution in [0.5, 0.6) is 0 Å². The van der Waals surface area contributed by atoms with Gasteiger partial charge in [-0.1, -0.05) is 6.07 Å². The molecule has 0 saturated carbocycles. The number of carbonyl (C=O) groups is 1. The van der Waals surface area contributed by atoms with E-state index in [0.717, 1.165) is 40.9 Å². The molecule has 0 aliphatic carbocycles. The van der Waals surface area contributed by atoms with Crippen molar-refractivity contribution in [2.24, 2.45) is 7.05 Å². The van der Waals surface area contributed by atoms with Crippen molar-refractivity contribution in [3.8, 4) is 0 Å². The molecule has 9 heteroatoms. The van der Waals surface area contributed by atoms with E-state index in [2.05, 4.69) is 20.0 Å². The summed E-state index contributed by atoms with van der Waals surface area (Å²) in [4.78, 5) is 24.8. The molecule has 1 amide bonds. The molecule has 7 rings (SSSR count). The second-order valence-electron chi connectivity index (χ2n) is 9.36. The number of amides is 1. The van der Waals surface area contributed by atoms with Gasteiger partial charge in [-0.2, -0.15) is 5.10 Å². The van der Waals surface area contributed by atoms with Crippen LogP contribution in [0.25, 0.3) is 11.0 Å². The molecule has 5 heterocycles. The van der Waals surface area contributed by atoms with Crippen molar-refractivity contribution < 1.29 is 13.9 Å². The molecule has 172 valence electrons. The van der Waals surface area contributed by atoms with Crippen LogP contribution in [0.3, 0.4) is 0 Å². The molecule has 2 fully saturated rings. The number of H-pyrrole nitrogens is 1. The van der Waals surface area contributed by atoms with Gasteiger partial charge in [0.2, 0.25) is 0 Å². The number of carbonyl (C=O) groups excluding carboxylic acids is 1. The molecule has 8 nitrogen and oxygen atoms in total. The smallest absolute Gasteiger partial charge is 0.280 e. The molecular weight excluding hydrogens is 435 g/mol. The van der Waals surface area contributed by atoms with Gasteiger partial charge in [0.05, 0.1) is 42.2 Å². The number of halogens is 1. The molecule has 34 heavy (non-hydrogen) atoms. The van der Waals surface area contributed by atoms with Crippen LogP contribution in [0.4, 0.5) is 15.8 Å². The van der Waals surface area contributed by atoms with Gasteiger partial charge in [-0.15, -0.1) is 0 Å². The van der Waals surface area contributed by atoms with Crippen molar-refractivity contribution in [2.45, 2.75) is 31.5 Å². The first-order valence-electron chi connectivity index (χ1n) is 11.5. The van der Waals surface area contributed by atoms with Crippen LogP contribution in [0, 0.1) is 12.7 Å². The van der Waals surface area contributed by atoms with Crippen LogP contribution >= 0.6 is 0 Å². The minimum absolute atomic E-state index is 0.230. The maximum absolute atomic E-state index is 15.8. The van der Waals surface area contributed by atoms with Crippen LogP contribution in [-0.4, -0.2) is 51.0 Å². The van der Waals surface area contributed by atoms with Crippen LogP contribution in [0.2, 0.25) is 0 Å². The summed E-state index contributed by atoms with van der Waals surface area (Å²) in [5.41, 5.74) is 5.56. The molecule has 0 radical (unpaired) electrons. The predicted molar refractivity (Wildman–Crippen MR) is 125 cm³/mol. The number of rotatable bonds is 3. The number of hydrogen-bond acceptors (Lipinski definition) is 5. The monoisotopic (exact) mass is 458 g/mol. The average molecular weight is 458 g/mol. The molecule has 0 spiro atoms. The second-order valence-corrected chi connectivity index (χ2v) is 9.36. The summed E-state index contributed by atoms with van der Waals surface area (Å²) < 4.78 is 23.2. The zero-order valence-electron chi connectivity index (χ0n) is 18.8. The number of ether oxygens (including phenoxy) is 1. The largest absolute Gasteiger partial charge is 0.374 e. The lowest BCUT2D eigenvalue weighted by molar-refractivity contribution is 0.0985.